The molecule has 0 radical (unpaired) electrons. The van der Waals surface area contributed by atoms with Gasteiger partial charge in [-0.25, -0.2) is 4.98 Å². The van der Waals surface area contributed by atoms with E-state index in [1.165, 1.54) is 18.7 Å². The van der Waals surface area contributed by atoms with Gasteiger partial charge in [0, 0.05) is 44.1 Å². The molecule has 0 aliphatic rings. The van der Waals surface area contributed by atoms with E-state index >= 15 is 0 Å². The van der Waals surface area contributed by atoms with Crippen molar-refractivity contribution in [3.05, 3.63) is 40.4 Å². The summed E-state index contributed by atoms with van der Waals surface area (Å²) in [6, 6.07) is 2.81. The third kappa shape index (κ3) is 16.1. The molecule has 3 rings (SSSR count). The Hall–Kier alpha value is -3.32. The van der Waals surface area contributed by atoms with Crippen molar-refractivity contribution < 1.29 is 33.3 Å². The van der Waals surface area contributed by atoms with Crippen molar-refractivity contribution in [3.63, 3.8) is 0 Å². The van der Waals surface area contributed by atoms with E-state index in [9.17, 15) is 14.4 Å². The number of imidazole rings is 1. The number of H-pyrrole nitrogens is 1. The zero-order valence-electron chi connectivity index (χ0n) is 28.5. The van der Waals surface area contributed by atoms with Crippen LogP contribution in [0.25, 0.3) is 11.2 Å². The second kappa shape index (κ2) is 24.8. The molecule has 1 atom stereocenters. The molecule has 3 aromatic rings. The van der Waals surface area contributed by atoms with Crippen molar-refractivity contribution in [1.29, 1.82) is 0 Å². The zero-order valence-corrected chi connectivity index (χ0v) is 30.1. The van der Waals surface area contributed by atoms with E-state index in [-0.39, 0.29) is 42.2 Å². The number of pyridine rings is 1. The molecule has 0 unspecified atom stereocenters. The van der Waals surface area contributed by atoms with Gasteiger partial charge in [0.25, 0.3) is 5.56 Å². The van der Waals surface area contributed by atoms with E-state index in [4.69, 9.17) is 41.0 Å². The number of carbonyl (C=O) groups excluding carboxylic acids is 2. The number of rotatable bonds is 28. The van der Waals surface area contributed by atoms with Crippen LogP contribution in [0.1, 0.15) is 38.2 Å². The third-order valence-electron chi connectivity index (χ3n) is 6.93. The van der Waals surface area contributed by atoms with Gasteiger partial charge < -0.3 is 40.1 Å². The lowest BCUT2D eigenvalue weighted by molar-refractivity contribution is -0.127. The monoisotopic (exact) mass is 740 g/mol. The number of carbonyl (C=O) groups is 2. The Morgan fingerprint density at radius 1 is 0.940 bits per heavy atom. The Balaban J connectivity index is 1.28. The lowest BCUT2D eigenvalue weighted by Gasteiger charge is -2.17. The van der Waals surface area contributed by atoms with Crippen LogP contribution in [0, 0.1) is 0 Å². The molecule has 278 valence electrons. The number of aromatic amines is 1. The Bertz CT molecular complexity index is 1470. The molecule has 2 amide bonds. The molecule has 0 aliphatic heterocycles. The SMILES string of the molecule is CC(=O)N[C@@H](CSc1nc2c(=O)[nH]c(N)nc2n1Cc1cccnc1)C(=O)NCCOCCOCCOCCOCCOCCCCCCCl. The zero-order chi connectivity index (χ0) is 35.8. The number of thioether (sulfide) groups is 1. The van der Waals surface area contributed by atoms with Crippen LogP contribution < -0.4 is 21.9 Å². The fourth-order valence-corrected chi connectivity index (χ4v) is 5.73. The van der Waals surface area contributed by atoms with Crippen molar-refractivity contribution in [1.82, 2.24) is 35.1 Å². The minimum Gasteiger partial charge on any atom is -0.379 e. The Kier molecular flexibility index (Phi) is 20.4. The highest BCUT2D eigenvalue weighted by Gasteiger charge is 2.23. The van der Waals surface area contributed by atoms with Gasteiger partial charge in [-0.2, -0.15) is 4.98 Å². The van der Waals surface area contributed by atoms with Crippen molar-refractivity contribution in [2.24, 2.45) is 0 Å². The highest BCUT2D eigenvalue weighted by Crippen LogP contribution is 2.24. The summed E-state index contributed by atoms with van der Waals surface area (Å²) < 4.78 is 29.3. The van der Waals surface area contributed by atoms with Crippen LogP contribution in [0.3, 0.4) is 0 Å². The maximum absolute atomic E-state index is 13.0. The van der Waals surface area contributed by atoms with Crippen molar-refractivity contribution in [2.75, 3.05) is 90.0 Å². The van der Waals surface area contributed by atoms with Crippen LogP contribution in [0.5, 0.6) is 0 Å². The van der Waals surface area contributed by atoms with Gasteiger partial charge in [0.05, 0.1) is 66.0 Å². The van der Waals surface area contributed by atoms with Crippen LogP contribution in [-0.4, -0.2) is 127 Å². The Labute approximate surface area is 300 Å². The van der Waals surface area contributed by atoms with Gasteiger partial charge >= 0.3 is 0 Å². The number of hydrogen-bond acceptors (Lipinski definition) is 13. The molecule has 0 fully saturated rings. The Morgan fingerprint density at radius 3 is 2.20 bits per heavy atom. The molecule has 0 aromatic carbocycles. The first-order chi connectivity index (χ1) is 24.4. The normalized spacial score (nSPS) is 12.0. The Morgan fingerprint density at radius 2 is 1.58 bits per heavy atom. The first kappa shape index (κ1) is 41.1. The van der Waals surface area contributed by atoms with Gasteiger partial charge in [0.1, 0.15) is 6.04 Å². The largest absolute Gasteiger partial charge is 0.379 e. The summed E-state index contributed by atoms with van der Waals surface area (Å²) in [5.41, 5.74) is 6.59. The number of anilines is 1. The van der Waals surface area contributed by atoms with E-state index < -0.39 is 11.6 Å². The number of aromatic nitrogens is 5. The minimum atomic E-state index is -0.871. The predicted molar refractivity (Wildman–Crippen MR) is 191 cm³/mol. The molecule has 3 aromatic heterocycles. The topological polar surface area (TPSA) is 207 Å². The summed E-state index contributed by atoms with van der Waals surface area (Å²) in [6.45, 7) is 6.60. The predicted octanol–water partition coefficient (Wildman–Crippen LogP) is 1.74. The summed E-state index contributed by atoms with van der Waals surface area (Å²) in [5.74, 6) is 0.0711. The van der Waals surface area contributed by atoms with Gasteiger partial charge in [-0.1, -0.05) is 30.7 Å². The van der Waals surface area contributed by atoms with Gasteiger partial charge in [-0.3, -0.25) is 28.9 Å². The van der Waals surface area contributed by atoms with E-state index in [0.717, 1.165) is 43.7 Å². The van der Waals surface area contributed by atoms with E-state index in [1.807, 2.05) is 6.07 Å². The number of hydrogen-bond donors (Lipinski definition) is 4. The number of nitrogens with one attached hydrogen (secondary N) is 3. The van der Waals surface area contributed by atoms with Crippen LogP contribution in [0.4, 0.5) is 5.95 Å². The quantitative estimate of drug-likeness (QED) is 0.0476. The van der Waals surface area contributed by atoms with Gasteiger partial charge in [-0.15, -0.1) is 11.6 Å². The third-order valence-corrected chi connectivity index (χ3v) is 8.27. The summed E-state index contributed by atoms with van der Waals surface area (Å²) in [5, 5.41) is 5.89. The minimum absolute atomic E-state index is 0.0421. The van der Waals surface area contributed by atoms with E-state index in [1.54, 1.807) is 23.0 Å². The maximum atomic E-state index is 13.0. The summed E-state index contributed by atoms with van der Waals surface area (Å²) in [4.78, 5) is 52.8. The van der Waals surface area contributed by atoms with Crippen molar-refractivity contribution in [2.45, 2.75) is 50.4 Å². The molecule has 0 saturated heterocycles. The van der Waals surface area contributed by atoms with Gasteiger partial charge in [-0.05, 0) is 24.5 Å². The van der Waals surface area contributed by atoms with Crippen molar-refractivity contribution in [3.8, 4) is 0 Å². The number of halogens is 1. The average molecular weight is 741 g/mol. The molecule has 0 aliphatic carbocycles. The standard InChI is InChI=1S/C32H49ClN8O8S/c1-24(42)37-26(23-50-32-38-27-28(39-31(34)40-30(27)44)41(32)22-25-7-6-9-35-21-25)29(43)36-10-12-46-14-16-48-18-20-49-19-17-47-15-13-45-11-5-3-2-4-8-33/h6-7,9,21,26H,2-5,8,10-20,22-23H2,1H3,(H,36,43)(H,37,42)(H3,34,39,40,44)/t26-/m0/s1. The van der Waals surface area contributed by atoms with Gasteiger partial charge in [0.15, 0.2) is 16.3 Å². The molecular weight excluding hydrogens is 692 g/mol. The van der Waals surface area contributed by atoms with Crippen molar-refractivity contribution >= 4 is 52.3 Å². The molecule has 50 heavy (non-hydrogen) atoms. The number of nitrogen functional groups attached to an aromatic ring is 1. The first-order valence-electron chi connectivity index (χ1n) is 16.7. The number of nitrogens with two attached hydrogens (primary N) is 1. The average Bonchev–Trinajstić information content (AvgIpc) is 3.44. The van der Waals surface area contributed by atoms with E-state index in [2.05, 4.69) is 30.6 Å². The molecule has 16 nitrogen and oxygen atoms in total. The molecule has 18 heteroatoms. The van der Waals surface area contributed by atoms with Crippen LogP contribution in [0.15, 0.2) is 34.5 Å². The lowest BCUT2D eigenvalue weighted by Crippen LogP contribution is -2.48. The first-order valence-corrected chi connectivity index (χ1v) is 18.2. The number of amides is 2. The number of ether oxygens (including phenoxy) is 5. The van der Waals surface area contributed by atoms with Gasteiger partial charge in [0.2, 0.25) is 17.8 Å². The second-order valence-corrected chi connectivity index (χ2v) is 12.4. The number of fused-ring (bicyclic) bond motifs is 1. The highest BCUT2D eigenvalue weighted by atomic mass is 35.5. The maximum Gasteiger partial charge on any atom is 0.280 e. The number of nitrogens with zero attached hydrogens (tertiary/aromatic N) is 4. The molecule has 0 saturated carbocycles. The molecular formula is C32H49ClN8O8S. The van der Waals surface area contributed by atoms with E-state index in [0.29, 0.717) is 70.2 Å². The lowest BCUT2D eigenvalue weighted by atomic mass is 10.2. The molecule has 0 bridgehead atoms. The molecule has 0 spiro atoms. The number of unbranched alkanes of at least 4 members (excludes halogenated alkanes) is 3. The number of alkyl halides is 1. The van der Waals surface area contributed by atoms with Crippen LogP contribution in [0.2, 0.25) is 0 Å². The summed E-state index contributed by atoms with van der Waals surface area (Å²) in [7, 11) is 0. The molecule has 3 heterocycles. The fourth-order valence-electron chi connectivity index (χ4n) is 4.52. The fraction of sp³-hybridized carbons (Fsp3) is 0.625. The smallest absolute Gasteiger partial charge is 0.280 e. The summed E-state index contributed by atoms with van der Waals surface area (Å²) in [6.07, 6.45) is 7.74. The highest BCUT2D eigenvalue weighted by molar-refractivity contribution is 7.99. The summed E-state index contributed by atoms with van der Waals surface area (Å²) >= 11 is 6.86. The van der Waals surface area contributed by atoms with Crippen LogP contribution in [-0.2, 0) is 39.8 Å². The van der Waals surface area contributed by atoms with Crippen LogP contribution >= 0.6 is 23.4 Å². The molecule has 5 N–H and O–H groups in total. The second-order valence-electron chi connectivity index (χ2n) is 11.0.